The van der Waals surface area contributed by atoms with Crippen LogP contribution < -0.4 is 0 Å². The number of benzene rings is 1. The van der Waals surface area contributed by atoms with Crippen LogP contribution in [0, 0.1) is 0 Å². The zero-order valence-corrected chi connectivity index (χ0v) is 12.4. The summed E-state index contributed by atoms with van der Waals surface area (Å²) in [6.07, 6.45) is -0.177. The molecule has 1 aromatic rings. The molecular weight excluding hydrogens is 254 g/mol. The van der Waals surface area contributed by atoms with Crippen molar-refractivity contribution < 1.29 is 14.6 Å². The van der Waals surface area contributed by atoms with Crippen molar-refractivity contribution in [3.8, 4) is 0 Å². The molecule has 1 fully saturated rings. The fourth-order valence-corrected chi connectivity index (χ4v) is 2.64. The van der Waals surface area contributed by atoms with Gasteiger partial charge >= 0.3 is 0 Å². The van der Waals surface area contributed by atoms with Crippen LogP contribution in [0.1, 0.15) is 25.5 Å². The summed E-state index contributed by atoms with van der Waals surface area (Å²) in [5, 5.41) is 9.97. The average molecular weight is 279 g/mol. The van der Waals surface area contributed by atoms with Crippen LogP contribution in [0.4, 0.5) is 0 Å². The molecule has 0 spiro atoms. The fourth-order valence-electron chi connectivity index (χ4n) is 2.64. The highest BCUT2D eigenvalue weighted by molar-refractivity contribution is 5.18. The Morgan fingerprint density at radius 3 is 2.80 bits per heavy atom. The first-order valence-electron chi connectivity index (χ1n) is 7.37. The lowest BCUT2D eigenvalue weighted by Gasteiger charge is -2.37. The molecule has 0 radical (unpaired) electrons. The van der Waals surface area contributed by atoms with Crippen molar-refractivity contribution in [1.82, 2.24) is 4.90 Å². The molecule has 0 aliphatic carbocycles. The first-order valence-corrected chi connectivity index (χ1v) is 7.37. The summed E-state index contributed by atoms with van der Waals surface area (Å²) >= 11 is 0. The Morgan fingerprint density at radius 2 is 2.10 bits per heavy atom. The van der Waals surface area contributed by atoms with Crippen LogP contribution in [0.3, 0.4) is 0 Å². The van der Waals surface area contributed by atoms with E-state index in [9.17, 15) is 5.11 Å². The second-order valence-corrected chi connectivity index (χ2v) is 5.38. The zero-order chi connectivity index (χ0) is 14.4. The molecular formula is C16H25NO3. The number of nitrogens with zero attached hydrogens (tertiary/aromatic N) is 1. The van der Waals surface area contributed by atoms with E-state index in [0.717, 1.165) is 13.1 Å². The van der Waals surface area contributed by atoms with Crippen LogP contribution in [0.15, 0.2) is 30.3 Å². The number of hydrogen-bond acceptors (Lipinski definition) is 4. The molecule has 4 heteroatoms. The van der Waals surface area contributed by atoms with Gasteiger partial charge in [0.1, 0.15) is 0 Å². The number of ether oxygens (including phenoxy) is 2. The Morgan fingerprint density at radius 1 is 1.35 bits per heavy atom. The Balaban J connectivity index is 1.91. The molecule has 1 aliphatic rings. The van der Waals surface area contributed by atoms with E-state index in [2.05, 4.69) is 24.0 Å². The molecule has 1 aromatic carbocycles. The van der Waals surface area contributed by atoms with Crippen molar-refractivity contribution >= 4 is 0 Å². The van der Waals surface area contributed by atoms with Gasteiger partial charge in [-0.1, -0.05) is 30.3 Å². The fraction of sp³-hybridized carbons (Fsp3) is 0.625. The normalized spacial score (nSPS) is 25.6. The maximum atomic E-state index is 9.97. The molecule has 0 saturated carbocycles. The summed E-state index contributed by atoms with van der Waals surface area (Å²) in [5.74, 6) is 0. The van der Waals surface area contributed by atoms with Crippen molar-refractivity contribution in [3.05, 3.63) is 35.9 Å². The van der Waals surface area contributed by atoms with E-state index in [-0.39, 0.29) is 12.2 Å². The van der Waals surface area contributed by atoms with E-state index in [4.69, 9.17) is 9.47 Å². The first-order chi connectivity index (χ1) is 9.69. The Bertz CT molecular complexity index is 385. The molecule has 0 bridgehead atoms. The van der Waals surface area contributed by atoms with Gasteiger partial charge in [-0.3, -0.25) is 4.90 Å². The van der Waals surface area contributed by atoms with Gasteiger partial charge in [0.25, 0.3) is 0 Å². The van der Waals surface area contributed by atoms with Gasteiger partial charge in [-0.25, -0.2) is 0 Å². The molecule has 1 aliphatic heterocycles. The molecule has 1 N–H and O–H groups in total. The van der Waals surface area contributed by atoms with Crippen LogP contribution in [-0.2, 0) is 9.47 Å². The van der Waals surface area contributed by atoms with Crippen LogP contribution in [0.25, 0.3) is 0 Å². The van der Waals surface area contributed by atoms with Gasteiger partial charge in [0.05, 0.1) is 24.9 Å². The average Bonchev–Trinajstić information content (AvgIpc) is 2.45. The van der Waals surface area contributed by atoms with E-state index in [0.29, 0.717) is 19.8 Å². The van der Waals surface area contributed by atoms with E-state index < -0.39 is 6.10 Å². The van der Waals surface area contributed by atoms with Gasteiger partial charge in [0, 0.05) is 26.2 Å². The predicted molar refractivity (Wildman–Crippen MR) is 78.7 cm³/mol. The SMILES string of the molecule is CCOCC(O)CN1CC(C)OC(c2ccccc2)C1. The summed E-state index contributed by atoms with van der Waals surface area (Å²) in [5.41, 5.74) is 1.20. The number of aliphatic hydroxyl groups is 1. The second-order valence-electron chi connectivity index (χ2n) is 5.38. The van der Waals surface area contributed by atoms with Gasteiger partial charge < -0.3 is 14.6 Å². The number of β-amino-alcohol motifs (C(OH)–C–C–N with tert-alkyl or cyclic N) is 1. The van der Waals surface area contributed by atoms with E-state index in [1.807, 2.05) is 25.1 Å². The van der Waals surface area contributed by atoms with Crippen molar-refractivity contribution in [2.45, 2.75) is 32.2 Å². The van der Waals surface area contributed by atoms with E-state index in [1.54, 1.807) is 0 Å². The zero-order valence-electron chi connectivity index (χ0n) is 12.4. The monoisotopic (exact) mass is 279 g/mol. The lowest BCUT2D eigenvalue weighted by atomic mass is 10.1. The van der Waals surface area contributed by atoms with Crippen LogP contribution in [-0.4, -0.2) is 55.1 Å². The molecule has 20 heavy (non-hydrogen) atoms. The van der Waals surface area contributed by atoms with Crippen molar-refractivity contribution in [1.29, 1.82) is 0 Å². The van der Waals surface area contributed by atoms with Gasteiger partial charge in [-0.05, 0) is 19.4 Å². The third kappa shape index (κ3) is 4.56. The number of aliphatic hydroxyl groups excluding tert-OH is 1. The number of hydrogen-bond donors (Lipinski definition) is 1. The standard InChI is InChI=1S/C16H25NO3/c1-3-19-12-15(18)10-17-9-13(2)20-16(11-17)14-7-5-4-6-8-14/h4-8,13,15-16,18H,3,9-12H2,1-2H3. The maximum absolute atomic E-state index is 9.97. The summed E-state index contributed by atoms with van der Waals surface area (Å²) in [4.78, 5) is 2.26. The third-order valence-electron chi connectivity index (χ3n) is 3.49. The summed E-state index contributed by atoms with van der Waals surface area (Å²) < 4.78 is 11.3. The summed E-state index contributed by atoms with van der Waals surface area (Å²) in [6.45, 7) is 7.37. The molecule has 3 atom stereocenters. The summed E-state index contributed by atoms with van der Waals surface area (Å²) in [7, 11) is 0. The molecule has 1 heterocycles. The van der Waals surface area contributed by atoms with Crippen molar-refractivity contribution in [3.63, 3.8) is 0 Å². The number of morpholine rings is 1. The van der Waals surface area contributed by atoms with Gasteiger partial charge in [-0.2, -0.15) is 0 Å². The largest absolute Gasteiger partial charge is 0.389 e. The second kappa shape index (κ2) is 7.74. The van der Waals surface area contributed by atoms with Crippen LogP contribution in [0.5, 0.6) is 0 Å². The third-order valence-corrected chi connectivity index (χ3v) is 3.49. The lowest BCUT2D eigenvalue weighted by Crippen LogP contribution is -2.46. The Kier molecular flexibility index (Phi) is 5.98. The highest BCUT2D eigenvalue weighted by atomic mass is 16.5. The molecule has 4 nitrogen and oxygen atoms in total. The molecule has 2 rings (SSSR count). The van der Waals surface area contributed by atoms with Gasteiger partial charge in [0.2, 0.25) is 0 Å². The minimum Gasteiger partial charge on any atom is -0.389 e. The highest BCUT2D eigenvalue weighted by Crippen LogP contribution is 2.25. The topological polar surface area (TPSA) is 41.9 Å². The first kappa shape index (κ1) is 15.4. The summed E-state index contributed by atoms with van der Waals surface area (Å²) in [6, 6.07) is 10.3. The molecule has 1 saturated heterocycles. The quantitative estimate of drug-likeness (QED) is 0.863. The van der Waals surface area contributed by atoms with Crippen molar-refractivity contribution in [2.24, 2.45) is 0 Å². The Labute approximate surface area is 121 Å². The minimum absolute atomic E-state index is 0.0826. The van der Waals surface area contributed by atoms with E-state index >= 15 is 0 Å². The molecule has 0 aromatic heterocycles. The highest BCUT2D eigenvalue weighted by Gasteiger charge is 2.27. The van der Waals surface area contributed by atoms with E-state index in [1.165, 1.54) is 5.56 Å². The van der Waals surface area contributed by atoms with Crippen LogP contribution >= 0.6 is 0 Å². The molecule has 112 valence electrons. The van der Waals surface area contributed by atoms with Crippen molar-refractivity contribution in [2.75, 3.05) is 32.8 Å². The Hall–Kier alpha value is -0.940. The molecule has 0 amide bonds. The van der Waals surface area contributed by atoms with Crippen LogP contribution in [0.2, 0.25) is 0 Å². The maximum Gasteiger partial charge on any atom is 0.0956 e. The van der Waals surface area contributed by atoms with Gasteiger partial charge in [-0.15, -0.1) is 0 Å². The number of rotatable bonds is 6. The smallest absolute Gasteiger partial charge is 0.0956 e. The van der Waals surface area contributed by atoms with Gasteiger partial charge in [0.15, 0.2) is 0 Å². The minimum atomic E-state index is -0.434. The molecule has 3 unspecified atom stereocenters. The predicted octanol–water partition coefficient (Wildman–Crippen LogP) is 1.85. The lowest BCUT2D eigenvalue weighted by molar-refractivity contribution is -0.0911.